The van der Waals surface area contributed by atoms with E-state index in [0.29, 0.717) is 0 Å². The molecule has 13 heavy (non-hydrogen) atoms. The van der Waals surface area contributed by atoms with Gasteiger partial charge in [-0.3, -0.25) is 10.1 Å². The van der Waals surface area contributed by atoms with Crippen LogP contribution in [0.3, 0.4) is 0 Å². The summed E-state index contributed by atoms with van der Waals surface area (Å²) in [4.78, 5) is 20.4. The Balaban J connectivity index is 4.39. The Labute approximate surface area is 76.2 Å². The third kappa shape index (κ3) is 3.68. The van der Waals surface area contributed by atoms with Gasteiger partial charge in [-0.25, -0.2) is 4.79 Å². The minimum atomic E-state index is -1.10. The van der Waals surface area contributed by atoms with Crippen LogP contribution < -0.4 is 0 Å². The number of nitrogens with zero attached hydrogens (tertiary/aromatic N) is 1. The summed E-state index contributed by atoms with van der Waals surface area (Å²) in [7, 11) is 0. The summed E-state index contributed by atoms with van der Waals surface area (Å²) in [5.41, 5.74) is -0.966. The lowest BCUT2D eigenvalue weighted by molar-refractivity contribution is -0.559. The SMILES string of the molecule is CC(=CCC(C)(C)[N+](=O)[O-])C(=O)O. The molecule has 74 valence electrons. The van der Waals surface area contributed by atoms with Crippen LogP contribution >= 0.6 is 0 Å². The fourth-order valence-corrected chi connectivity index (χ4v) is 0.565. The van der Waals surface area contributed by atoms with E-state index in [1.54, 1.807) is 0 Å². The molecule has 0 heterocycles. The molecule has 0 aromatic heterocycles. The largest absolute Gasteiger partial charge is 0.478 e. The molecule has 0 unspecified atom stereocenters. The van der Waals surface area contributed by atoms with Gasteiger partial charge in [-0.2, -0.15) is 0 Å². The summed E-state index contributed by atoms with van der Waals surface area (Å²) in [6.45, 7) is 4.33. The zero-order valence-corrected chi connectivity index (χ0v) is 7.90. The van der Waals surface area contributed by atoms with Gasteiger partial charge in [0.1, 0.15) is 0 Å². The van der Waals surface area contributed by atoms with E-state index in [4.69, 9.17) is 5.11 Å². The van der Waals surface area contributed by atoms with Crippen molar-refractivity contribution in [1.29, 1.82) is 0 Å². The molecule has 0 aromatic rings. The predicted octanol–water partition coefficient (Wildman–Crippen LogP) is 1.46. The second-order valence-electron chi connectivity index (χ2n) is 3.47. The van der Waals surface area contributed by atoms with Crippen LogP contribution in [-0.4, -0.2) is 21.5 Å². The molecular formula is C8H13NO4. The zero-order chi connectivity index (χ0) is 10.6. The number of carbonyl (C=O) groups is 1. The average Bonchev–Trinajstić information content (AvgIpc) is 1.99. The summed E-state index contributed by atoms with van der Waals surface area (Å²) in [6, 6.07) is 0. The molecule has 0 bridgehead atoms. The van der Waals surface area contributed by atoms with Crippen LogP contribution in [0.25, 0.3) is 0 Å². The summed E-state index contributed by atoms with van der Waals surface area (Å²) >= 11 is 0. The molecule has 0 radical (unpaired) electrons. The summed E-state index contributed by atoms with van der Waals surface area (Å²) in [5, 5.41) is 18.9. The number of carboxylic acid groups (broad SMARTS) is 1. The van der Waals surface area contributed by atoms with E-state index in [1.165, 1.54) is 26.8 Å². The van der Waals surface area contributed by atoms with E-state index in [1.807, 2.05) is 0 Å². The number of aliphatic carboxylic acids is 1. The minimum absolute atomic E-state index is 0.123. The van der Waals surface area contributed by atoms with Gasteiger partial charge >= 0.3 is 5.97 Å². The molecule has 5 heteroatoms. The molecule has 0 rings (SSSR count). The predicted molar refractivity (Wildman–Crippen MR) is 47.1 cm³/mol. The van der Waals surface area contributed by atoms with Crippen LogP contribution in [0.4, 0.5) is 0 Å². The van der Waals surface area contributed by atoms with Gasteiger partial charge in [-0.15, -0.1) is 0 Å². The van der Waals surface area contributed by atoms with Crippen molar-refractivity contribution in [1.82, 2.24) is 0 Å². The van der Waals surface area contributed by atoms with Gasteiger partial charge in [0.2, 0.25) is 5.54 Å². The molecule has 1 N–H and O–H groups in total. The summed E-state index contributed by atoms with van der Waals surface area (Å²) in [6.07, 6.45) is 1.49. The highest BCUT2D eigenvalue weighted by Gasteiger charge is 2.29. The second-order valence-corrected chi connectivity index (χ2v) is 3.47. The van der Waals surface area contributed by atoms with Gasteiger partial charge < -0.3 is 5.11 Å². The molecule has 0 amide bonds. The Morgan fingerprint density at radius 1 is 1.62 bits per heavy atom. The molecule has 0 aromatic carbocycles. The highest BCUT2D eigenvalue weighted by molar-refractivity contribution is 5.85. The normalized spacial score (nSPS) is 12.7. The quantitative estimate of drug-likeness (QED) is 0.410. The van der Waals surface area contributed by atoms with Crippen LogP contribution in [-0.2, 0) is 4.79 Å². The molecule has 0 atom stereocenters. The number of rotatable bonds is 4. The van der Waals surface area contributed by atoms with Crippen molar-refractivity contribution in [2.75, 3.05) is 0 Å². The lowest BCUT2D eigenvalue weighted by Crippen LogP contribution is -2.30. The molecule has 0 spiro atoms. The highest BCUT2D eigenvalue weighted by atomic mass is 16.6. The van der Waals surface area contributed by atoms with Gasteiger partial charge in [0.05, 0.1) is 0 Å². The van der Waals surface area contributed by atoms with Crippen LogP contribution in [0, 0.1) is 10.1 Å². The lowest BCUT2D eigenvalue weighted by Gasteiger charge is -2.12. The molecule has 0 aliphatic heterocycles. The van der Waals surface area contributed by atoms with Crippen molar-refractivity contribution in [2.24, 2.45) is 0 Å². The number of nitro groups is 1. The molecule has 5 nitrogen and oxygen atoms in total. The first kappa shape index (κ1) is 11.6. The Morgan fingerprint density at radius 2 is 2.08 bits per heavy atom. The topological polar surface area (TPSA) is 80.4 Å². The van der Waals surface area contributed by atoms with Crippen LogP contribution in [0.1, 0.15) is 27.2 Å². The number of carboxylic acids is 1. The Kier molecular flexibility index (Phi) is 3.59. The van der Waals surface area contributed by atoms with Crippen molar-refractivity contribution >= 4 is 5.97 Å². The van der Waals surface area contributed by atoms with Gasteiger partial charge in [0.25, 0.3) is 0 Å². The van der Waals surface area contributed by atoms with Gasteiger partial charge in [0, 0.05) is 30.8 Å². The smallest absolute Gasteiger partial charge is 0.330 e. The Bertz CT molecular complexity index is 255. The first-order valence-corrected chi connectivity index (χ1v) is 3.82. The first-order valence-electron chi connectivity index (χ1n) is 3.82. The fraction of sp³-hybridized carbons (Fsp3) is 0.625. The lowest BCUT2D eigenvalue weighted by atomic mass is 10.0. The molecular weight excluding hydrogens is 174 g/mol. The minimum Gasteiger partial charge on any atom is -0.478 e. The van der Waals surface area contributed by atoms with E-state index in [2.05, 4.69) is 0 Å². The van der Waals surface area contributed by atoms with Crippen LogP contribution in [0.2, 0.25) is 0 Å². The van der Waals surface area contributed by atoms with Crippen molar-refractivity contribution in [3.8, 4) is 0 Å². The molecule has 0 saturated heterocycles. The van der Waals surface area contributed by atoms with Crippen molar-refractivity contribution in [2.45, 2.75) is 32.7 Å². The summed E-state index contributed by atoms with van der Waals surface area (Å²) in [5.74, 6) is -1.04. The first-order chi connectivity index (χ1) is 5.77. The molecule has 0 saturated carbocycles. The van der Waals surface area contributed by atoms with E-state index >= 15 is 0 Å². The third-order valence-corrected chi connectivity index (χ3v) is 1.74. The number of hydrogen-bond acceptors (Lipinski definition) is 3. The fourth-order valence-electron chi connectivity index (χ4n) is 0.565. The maximum absolute atomic E-state index is 10.4. The van der Waals surface area contributed by atoms with Gasteiger partial charge in [-0.1, -0.05) is 6.08 Å². The number of hydrogen-bond donors (Lipinski definition) is 1. The Morgan fingerprint density at radius 3 is 2.38 bits per heavy atom. The van der Waals surface area contributed by atoms with Crippen molar-refractivity contribution in [3.05, 3.63) is 21.8 Å². The van der Waals surface area contributed by atoms with E-state index in [0.717, 1.165) is 0 Å². The average molecular weight is 187 g/mol. The van der Waals surface area contributed by atoms with E-state index < -0.39 is 16.4 Å². The van der Waals surface area contributed by atoms with Crippen LogP contribution in [0.15, 0.2) is 11.6 Å². The molecule has 0 fully saturated rings. The molecule has 0 aliphatic carbocycles. The van der Waals surface area contributed by atoms with Crippen molar-refractivity contribution in [3.63, 3.8) is 0 Å². The zero-order valence-electron chi connectivity index (χ0n) is 7.90. The van der Waals surface area contributed by atoms with Crippen molar-refractivity contribution < 1.29 is 14.8 Å². The standard InChI is InChI=1S/C8H13NO4/c1-6(7(10)11)4-5-8(2,3)9(12)13/h4H,5H2,1-3H3,(H,10,11). The van der Waals surface area contributed by atoms with Gasteiger partial charge in [-0.05, 0) is 6.92 Å². The third-order valence-electron chi connectivity index (χ3n) is 1.74. The highest BCUT2D eigenvalue weighted by Crippen LogP contribution is 2.14. The second kappa shape index (κ2) is 4.02. The van der Waals surface area contributed by atoms with E-state index in [9.17, 15) is 14.9 Å². The van der Waals surface area contributed by atoms with Gasteiger partial charge in [0.15, 0.2) is 0 Å². The van der Waals surface area contributed by atoms with E-state index in [-0.39, 0.29) is 12.0 Å². The maximum atomic E-state index is 10.4. The maximum Gasteiger partial charge on any atom is 0.330 e. The molecule has 0 aliphatic rings. The Hall–Kier alpha value is -1.39. The summed E-state index contributed by atoms with van der Waals surface area (Å²) < 4.78 is 0. The monoisotopic (exact) mass is 187 g/mol. The van der Waals surface area contributed by atoms with Crippen LogP contribution in [0.5, 0.6) is 0 Å².